The Morgan fingerprint density at radius 3 is 2.50 bits per heavy atom. The van der Waals surface area contributed by atoms with Gasteiger partial charge in [-0.2, -0.15) is 0 Å². The maximum Gasteiger partial charge on any atom is 0.0616 e. The average Bonchev–Trinajstić information content (AvgIpc) is 2.03. The van der Waals surface area contributed by atoms with E-state index in [9.17, 15) is 0 Å². The van der Waals surface area contributed by atoms with Crippen molar-refractivity contribution in [3.8, 4) is 0 Å². The summed E-state index contributed by atoms with van der Waals surface area (Å²) in [5.74, 6) is 0. The van der Waals surface area contributed by atoms with Gasteiger partial charge in [-0.05, 0) is 17.0 Å². The Hall–Kier alpha value is -0.320. The van der Waals surface area contributed by atoms with Crippen molar-refractivity contribution in [1.29, 1.82) is 0 Å². The Morgan fingerprint density at radius 2 is 2.00 bits per heavy atom. The number of nitrogens with zero attached hydrogens (tertiary/aromatic N) is 1. The fourth-order valence-corrected chi connectivity index (χ4v) is 1.20. The van der Waals surface area contributed by atoms with Gasteiger partial charge in [0.05, 0.1) is 34.7 Å². The molecule has 1 heterocycles. The largest absolute Gasteiger partial charge is 0.327 e. The number of nitrogens with one attached hydrogen (secondary N) is 1. The molecule has 0 radical (unpaired) electrons. The van der Waals surface area contributed by atoms with Gasteiger partial charge in [-0.3, -0.25) is 4.98 Å². The van der Waals surface area contributed by atoms with Gasteiger partial charge >= 0.3 is 0 Å². The fraction of sp³-hybridized carbons (Fsp3) is 0.444. The van der Waals surface area contributed by atoms with Crippen molar-refractivity contribution >= 4 is 28.6 Å². The highest BCUT2D eigenvalue weighted by Crippen LogP contribution is 2.23. The first-order valence-corrected chi connectivity index (χ1v) is 4.94. The molecule has 0 unspecified atom stereocenters. The van der Waals surface area contributed by atoms with Crippen LogP contribution < -0.4 is 3.53 Å². The summed E-state index contributed by atoms with van der Waals surface area (Å²) in [5.41, 5.74) is 2.49. The fourth-order valence-electron chi connectivity index (χ4n) is 0.902. The number of halogens is 1. The Kier molecular flexibility index (Phi) is 2.93. The van der Waals surface area contributed by atoms with Crippen molar-refractivity contribution in [2.24, 2.45) is 0 Å². The molecule has 1 aromatic rings. The topological polar surface area (TPSA) is 24.9 Å². The lowest BCUT2D eigenvalue weighted by Crippen LogP contribution is -2.11. The molecule has 1 N–H and O–H groups in total. The van der Waals surface area contributed by atoms with Crippen LogP contribution in [0.2, 0.25) is 0 Å². The van der Waals surface area contributed by atoms with Crippen LogP contribution in [0.3, 0.4) is 0 Å². The lowest BCUT2D eigenvalue weighted by molar-refractivity contribution is 0.588. The SMILES string of the molecule is CC(C)(C)c1cncc(NI)c1. The molecule has 12 heavy (non-hydrogen) atoms. The second-order valence-electron chi connectivity index (χ2n) is 3.81. The molecule has 0 fully saturated rings. The van der Waals surface area contributed by atoms with Crippen LogP contribution in [0.25, 0.3) is 0 Å². The minimum atomic E-state index is 0.177. The first-order chi connectivity index (χ1) is 5.54. The molecular formula is C9H13IN2. The summed E-state index contributed by atoms with van der Waals surface area (Å²) in [6, 6.07) is 2.12. The summed E-state index contributed by atoms with van der Waals surface area (Å²) >= 11 is 2.11. The highest BCUT2D eigenvalue weighted by Gasteiger charge is 2.13. The molecule has 0 aliphatic rings. The smallest absolute Gasteiger partial charge is 0.0616 e. The quantitative estimate of drug-likeness (QED) is 0.629. The maximum absolute atomic E-state index is 4.15. The highest BCUT2D eigenvalue weighted by atomic mass is 127. The molecular weight excluding hydrogens is 263 g/mol. The minimum absolute atomic E-state index is 0.177. The summed E-state index contributed by atoms with van der Waals surface area (Å²) in [6.07, 6.45) is 3.74. The summed E-state index contributed by atoms with van der Waals surface area (Å²) in [4.78, 5) is 4.15. The van der Waals surface area contributed by atoms with Crippen LogP contribution in [0.4, 0.5) is 5.69 Å². The average molecular weight is 276 g/mol. The van der Waals surface area contributed by atoms with E-state index in [1.807, 2.05) is 12.4 Å². The van der Waals surface area contributed by atoms with Crippen molar-refractivity contribution in [3.63, 3.8) is 0 Å². The van der Waals surface area contributed by atoms with Crippen molar-refractivity contribution in [3.05, 3.63) is 24.0 Å². The number of hydrogen-bond donors (Lipinski definition) is 1. The molecule has 2 nitrogen and oxygen atoms in total. The van der Waals surface area contributed by atoms with Crippen LogP contribution in [0, 0.1) is 0 Å². The van der Waals surface area contributed by atoms with Gasteiger partial charge in [0.25, 0.3) is 0 Å². The number of pyridine rings is 1. The number of anilines is 1. The molecule has 0 amide bonds. The summed E-state index contributed by atoms with van der Waals surface area (Å²) < 4.78 is 3.05. The predicted octanol–water partition coefficient (Wildman–Crippen LogP) is 3.14. The second-order valence-corrected chi connectivity index (χ2v) is 4.35. The van der Waals surface area contributed by atoms with Gasteiger partial charge in [0, 0.05) is 6.20 Å². The number of aromatic nitrogens is 1. The minimum Gasteiger partial charge on any atom is -0.327 e. The van der Waals surface area contributed by atoms with E-state index in [2.05, 4.69) is 58.2 Å². The standard InChI is InChI=1S/C9H13IN2/c1-9(2,3)7-4-8(12-10)6-11-5-7/h4-6,12H,1-3H3. The Balaban J connectivity index is 3.02. The molecule has 0 atom stereocenters. The van der Waals surface area contributed by atoms with Gasteiger partial charge in [0.2, 0.25) is 0 Å². The number of hydrogen-bond acceptors (Lipinski definition) is 2. The molecule has 0 aliphatic heterocycles. The molecule has 0 saturated heterocycles. The molecule has 1 rings (SSSR count). The third-order valence-electron chi connectivity index (χ3n) is 1.71. The van der Waals surface area contributed by atoms with Crippen LogP contribution in [0.1, 0.15) is 26.3 Å². The van der Waals surface area contributed by atoms with Crippen molar-refractivity contribution in [1.82, 2.24) is 4.98 Å². The lowest BCUT2D eigenvalue weighted by atomic mass is 9.88. The van der Waals surface area contributed by atoms with Crippen LogP contribution in [0.15, 0.2) is 18.5 Å². The van der Waals surface area contributed by atoms with Gasteiger partial charge in [0.1, 0.15) is 0 Å². The molecule has 0 spiro atoms. The first-order valence-electron chi connectivity index (χ1n) is 3.86. The van der Waals surface area contributed by atoms with Crippen molar-refractivity contribution < 1.29 is 0 Å². The van der Waals surface area contributed by atoms with Gasteiger partial charge < -0.3 is 3.53 Å². The van der Waals surface area contributed by atoms with Crippen molar-refractivity contribution in [2.75, 3.05) is 3.53 Å². The summed E-state index contributed by atoms with van der Waals surface area (Å²) in [7, 11) is 0. The molecule has 0 bridgehead atoms. The molecule has 3 heteroatoms. The monoisotopic (exact) mass is 276 g/mol. The van der Waals surface area contributed by atoms with E-state index in [0.29, 0.717) is 0 Å². The molecule has 1 aromatic heterocycles. The van der Waals surface area contributed by atoms with Crippen LogP contribution in [-0.4, -0.2) is 4.98 Å². The Labute approximate surface area is 87.3 Å². The zero-order valence-corrected chi connectivity index (χ0v) is 9.71. The normalized spacial score (nSPS) is 11.3. The summed E-state index contributed by atoms with van der Waals surface area (Å²) in [5, 5.41) is 0. The third kappa shape index (κ3) is 2.33. The molecule has 0 aromatic carbocycles. The maximum atomic E-state index is 4.15. The summed E-state index contributed by atoms with van der Waals surface area (Å²) in [6.45, 7) is 6.54. The van der Waals surface area contributed by atoms with E-state index in [-0.39, 0.29) is 5.41 Å². The van der Waals surface area contributed by atoms with E-state index < -0.39 is 0 Å². The van der Waals surface area contributed by atoms with Gasteiger partial charge in [-0.15, -0.1) is 0 Å². The number of rotatable bonds is 1. The van der Waals surface area contributed by atoms with Crippen LogP contribution >= 0.6 is 22.9 Å². The Morgan fingerprint density at radius 1 is 1.33 bits per heavy atom. The predicted molar refractivity (Wildman–Crippen MR) is 60.6 cm³/mol. The second kappa shape index (κ2) is 3.60. The van der Waals surface area contributed by atoms with E-state index in [4.69, 9.17) is 0 Å². The van der Waals surface area contributed by atoms with E-state index in [1.54, 1.807) is 0 Å². The zero-order valence-electron chi connectivity index (χ0n) is 7.56. The zero-order chi connectivity index (χ0) is 9.19. The van der Waals surface area contributed by atoms with Gasteiger partial charge in [0.15, 0.2) is 0 Å². The van der Waals surface area contributed by atoms with E-state index in [0.717, 1.165) is 5.69 Å². The van der Waals surface area contributed by atoms with Crippen LogP contribution in [-0.2, 0) is 5.41 Å². The van der Waals surface area contributed by atoms with E-state index in [1.165, 1.54) is 5.56 Å². The third-order valence-corrected chi connectivity index (χ3v) is 2.34. The van der Waals surface area contributed by atoms with E-state index >= 15 is 0 Å². The molecule has 66 valence electrons. The molecule has 0 aliphatic carbocycles. The first kappa shape index (κ1) is 9.77. The Bertz CT molecular complexity index is 265. The van der Waals surface area contributed by atoms with Gasteiger partial charge in [-0.25, -0.2) is 0 Å². The van der Waals surface area contributed by atoms with Crippen LogP contribution in [0.5, 0.6) is 0 Å². The molecule has 0 saturated carbocycles. The highest BCUT2D eigenvalue weighted by molar-refractivity contribution is 14.1. The lowest BCUT2D eigenvalue weighted by Gasteiger charge is -2.18. The van der Waals surface area contributed by atoms with Crippen molar-refractivity contribution in [2.45, 2.75) is 26.2 Å². The van der Waals surface area contributed by atoms with Gasteiger partial charge in [-0.1, -0.05) is 20.8 Å².